The number of ether oxygens (including phenoxy) is 1. The lowest BCUT2D eigenvalue weighted by atomic mass is 9.97. The first kappa shape index (κ1) is 13.4. The molecule has 0 spiro atoms. The van der Waals surface area contributed by atoms with Gasteiger partial charge in [0.05, 0.1) is 18.2 Å². The van der Waals surface area contributed by atoms with Gasteiger partial charge in [-0.15, -0.1) is 0 Å². The van der Waals surface area contributed by atoms with Crippen molar-refractivity contribution >= 4 is 22.5 Å². The number of nitrogens with zero attached hydrogens (tertiary/aromatic N) is 2. The van der Waals surface area contributed by atoms with Gasteiger partial charge in [0.15, 0.2) is 0 Å². The third kappa shape index (κ3) is 2.42. The summed E-state index contributed by atoms with van der Waals surface area (Å²) < 4.78 is 5.27. The van der Waals surface area contributed by atoms with Crippen LogP contribution >= 0.6 is 11.6 Å². The monoisotopic (exact) mass is 294 g/mol. The van der Waals surface area contributed by atoms with Crippen molar-refractivity contribution in [3.05, 3.63) is 59.2 Å². The van der Waals surface area contributed by atoms with Crippen LogP contribution in [-0.4, -0.2) is 12.1 Å². The van der Waals surface area contributed by atoms with Gasteiger partial charge in [0, 0.05) is 22.2 Å². The Balaban J connectivity index is 2.36. The number of methoxy groups -OCH3 is 1. The Morgan fingerprint density at radius 3 is 2.57 bits per heavy atom. The molecule has 102 valence electrons. The fourth-order valence-corrected chi connectivity index (χ4v) is 2.44. The van der Waals surface area contributed by atoms with E-state index in [2.05, 4.69) is 11.1 Å². The molecule has 4 heteroatoms. The Kier molecular flexibility index (Phi) is 3.47. The number of hydrogen-bond donors (Lipinski definition) is 0. The van der Waals surface area contributed by atoms with Crippen molar-refractivity contribution < 1.29 is 4.74 Å². The van der Waals surface area contributed by atoms with E-state index >= 15 is 0 Å². The van der Waals surface area contributed by atoms with E-state index in [0.29, 0.717) is 10.6 Å². The first-order chi connectivity index (χ1) is 10.2. The van der Waals surface area contributed by atoms with Gasteiger partial charge in [0.2, 0.25) is 0 Å². The molecule has 1 aromatic heterocycles. The second-order valence-electron chi connectivity index (χ2n) is 4.55. The number of aromatic nitrogens is 1. The Morgan fingerprint density at radius 1 is 1.14 bits per heavy atom. The van der Waals surface area contributed by atoms with Crippen molar-refractivity contribution in [1.82, 2.24) is 4.98 Å². The molecule has 3 nitrogen and oxygen atoms in total. The highest BCUT2D eigenvalue weighted by Gasteiger charge is 2.12. The molecule has 0 radical (unpaired) electrons. The molecule has 0 amide bonds. The van der Waals surface area contributed by atoms with Crippen LogP contribution in [0.5, 0.6) is 5.75 Å². The summed E-state index contributed by atoms with van der Waals surface area (Å²) in [6.45, 7) is 0. The van der Waals surface area contributed by atoms with E-state index in [9.17, 15) is 5.26 Å². The van der Waals surface area contributed by atoms with E-state index in [4.69, 9.17) is 16.3 Å². The quantitative estimate of drug-likeness (QED) is 0.702. The van der Waals surface area contributed by atoms with E-state index in [1.807, 2.05) is 42.5 Å². The first-order valence-electron chi connectivity index (χ1n) is 6.35. The summed E-state index contributed by atoms with van der Waals surface area (Å²) >= 11 is 5.94. The molecule has 2 aromatic carbocycles. The fourth-order valence-electron chi connectivity index (χ4n) is 2.31. The number of benzene rings is 2. The minimum absolute atomic E-state index is 0.526. The third-order valence-corrected chi connectivity index (χ3v) is 3.58. The molecule has 0 N–H and O–H groups in total. The maximum Gasteiger partial charge on any atom is 0.119 e. The maximum atomic E-state index is 9.37. The molecule has 1 heterocycles. The van der Waals surface area contributed by atoms with Gasteiger partial charge in [-0.25, -0.2) is 0 Å². The largest absolute Gasteiger partial charge is 0.497 e. The van der Waals surface area contributed by atoms with Crippen LogP contribution in [0, 0.1) is 11.3 Å². The van der Waals surface area contributed by atoms with Crippen LogP contribution in [0.2, 0.25) is 5.02 Å². The van der Waals surface area contributed by atoms with E-state index in [-0.39, 0.29) is 0 Å². The number of halogens is 1. The third-order valence-electron chi connectivity index (χ3n) is 3.33. The van der Waals surface area contributed by atoms with Gasteiger partial charge in [0.1, 0.15) is 11.8 Å². The predicted molar refractivity (Wildman–Crippen MR) is 83.5 cm³/mol. The number of fused-ring (bicyclic) bond motifs is 1. The molecular formula is C17H11ClN2O. The lowest BCUT2D eigenvalue weighted by molar-refractivity contribution is 0.415. The first-order valence-corrected chi connectivity index (χ1v) is 6.73. The smallest absolute Gasteiger partial charge is 0.119 e. The van der Waals surface area contributed by atoms with E-state index in [1.165, 1.54) is 0 Å². The summed E-state index contributed by atoms with van der Waals surface area (Å²) in [5.74, 6) is 0.731. The summed E-state index contributed by atoms with van der Waals surface area (Å²) in [5, 5.41) is 10.9. The van der Waals surface area contributed by atoms with Gasteiger partial charge in [-0.05, 0) is 35.9 Å². The minimum atomic E-state index is 0.526. The highest BCUT2D eigenvalue weighted by atomic mass is 35.5. The SMILES string of the molecule is COc1ccc2ncc(C#N)c(-c3ccc(Cl)cc3)c2c1. The fraction of sp³-hybridized carbons (Fsp3) is 0.0588. The van der Waals surface area contributed by atoms with Crippen molar-refractivity contribution in [2.75, 3.05) is 7.11 Å². The van der Waals surface area contributed by atoms with Crippen molar-refractivity contribution in [1.29, 1.82) is 5.26 Å². The second-order valence-corrected chi connectivity index (χ2v) is 4.99. The zero-order valence-electron chi connectivity index (χ0n) is 11.3. The van der Waals surface area contributed by atoms with Gasteiger partial charge in [-0.1, -0.05) is 23.7 Å². The average molecular weight is 295 g/mol. The van der Waals surface area contributed by atoms with Crippen molar-refractivity contribution in [3.8, 4) is 22.9 Å². The molecule has 0 saturated carbocycles. The van der Waals surface area contributed by atoms with Crippen LogP contribution < -0.4 is 4.74 Å². The number of pyridine rings is 1. The van der Waals surface area contributed by atoms with Gasteiger partial charge in [-0.2, -0.15) is 5.26 Å². The van der Waals surface area contributed by atoms with Gasteiger partial charge in [0.25, 0.3) is 0 Å². The molecule has 0 aliphatic rings. The zero-order valence-corrected chi connectivity index (χ0v) is 12.1. The molecule has 0 aliphatic carbocycles. The summed E-state index contributed by atoms with van der Waals surface area (Å²) in [5.41, 5.74) is 3.12. The van der Waals surface area contributed by atoms with E-state index in [1.54, 1.807) is 13.3 Å². The Hall–Kier alpha value is -2.57. The van der Waals surface area contributed by atoms with Crippen LogP contribution in [0.15, 0.2) is 48.7 Å². The summed E-state index contributed by atoms with van der Waals surface area (Å²) in [7, 11) is 1.62. The zero-order chi connectivity index (χ0) is 14.8. The van der Waals surface area contributed by atoms with Crippen molar-refractivity contribution in [2.45, 2.75) is 0 Å². The molecule has 0 saturated heterocycles. The van der Waals surface area contributed by atoms with Crippen LogP contribution in [0.25, 0.3) is 22.0 Å². The molecular weight excluding hydrogens is 284 g/mol. The molecule has 3 rings (SSSR count). The molecule has 0 aliphatic heterocycles. The molecule has 0 atom stereocenters. The van der Waals surface area contributed by atoms with Crippen LogP contribution in [0.3, 0.4) is 0 Å². The lowest BCUT2D eigenvalue weighted by Crippen LogP contribution is -1.91. The van der Waals surface area contributed by atoms with Gasteiger partial charge in [-0.3, -0.25) is 4.98 Å². The summed E-state index contributed by atoms with van der Waals surface area (Å²) in [6.07, 6.45) is 1.60. The van der Waals surface area contributed by atoms with Gasteiger partial charge >= 0.3 is 0 Å². The highest BCUT2D eigenvalue weighted by Crippen LogP contribution is 2.33. The second kappa shape index (κ2) is 5.43. The maximum absolute atomic E-state index is 9.37. The molecule has 21 heavy (non-hydrogen) atoms. The van der Waals surface area contributed by atoms with Crippen molar-refractivity contribution in [3.63, 3.8) is 0 Å². The predicted octanol–water partition coefficient (Wildman–Crippen LogP) is 4.44. The average Bonchev–Trinajstić information content (AvgIpc) is 2.54. The Bertz CT molecular complexity index is 851. The molecule has 0 fully saturated rings. The molecule has 0 bridgehead atoms. The molecule has 3 aromatic rings. The van der Waals surface area contributed by atoms with E-state index < -0.39 is 0 Å². The normalized spacial score (nSPS) is 10.3. The lowest BCUT2D eigenvalue weighted by Gasteiger charge is -2.10. The van der Waals surface area contributed by atoms with Gasteiger partial charge < -0.3 is 4.74 Å². The van der Waals surface area contributed by atoms with Crippen LogP contribution in [0.4, 0.5) is 0 Å². The molecule has 0 unspecified atom stereocenters. The minimum Gasteiger partial charge on any atom is -0.497 e. The summed E-state index contributed by atoms with van der Waals surface area (Å²) in [4.78, 5) is 4.33. The van der Waals surface area contributed by atoms with Crippen LogP contribution in [0.1, 0.15) is 5.56 Å². The van der Waals surface area contributed by atoms with E-state index in [0.717, 1.165) is 27.8 Å². The standard InChI is InChI=1S/C17H11ClN2O/c1-21-14-6-7-16-15(8-14)17(12(9-19)10-20-16)11-2-4-13(18)5-3-11/h2-8,10H,1H3. The Labute approximate surface area is 127 Å². The topological polar surface area (TPSA) is 45.9 Å². The number of hydrogen-bond acceptors (Lipinski definition) is 3. The number of nitriles is 1. The van der Waals surface area contributed by atoms with Crippen molar-refractivity contribution in [2.24, 2.45) is 0 Å². The summed E-state index contributed by atoms with van der Waals surface area (Å²) in [6, 6.07) is 15.3. The Morgan fingerprint density at radius 2 is 1.90 bits per heavy atom. The highest BCUT2D eigenvalue weighted by molar-refractivity contribution is 6.30. The number of rotatable bonds is 2. The van der Waals surface area contributed by atoms with Crippen LogP contribution in [-0.2, 0) is 0 Å².